The summed E-state index contributed by atoms with van der Waals surface area (Å²) in [6.45, 7) is 4.98. The second kappa shape index (κ2) is 5.38. The summed E-state index contributed by atoms with van der Waals surface area (Å²) in [7, 11) is 0. The van der Waals surface area contributed by atoms with Gasteiger partial charge in [-0.1, -0.05) is 17.7 Å². The van der Waals surface area contributed by atoms with Gasteiger partial charge in [0, 0.05) is 5.02 Å². The van der Waals surface area contributed by atoms with Crippen LogP contribution < -0.4 is 5.73 Å². The van der Waals surface area contributed by atoms with E-state index in [-0.39, 0.29) is 0 Å². The Morgan fingerprint density at radius 1 is 1.14 bits per heavy atom. The second-order valence-electron chi connectivity index (χ2n) is 3.77. The van der Waals surface area contributed by atoms with Gasteiger partial charge >= 0.3 is 0 Å². The minimum absolute atomic E-state index is 0.766. The highest BCUT2D eigenvalue weighted by Gasteiger charge is 2.02. The summed E-state index contributed by atoms with van der Waals surface area (Å²) in [5, 5.41) is 0.894. The SMILES string of the molecule is Cc1cc(Cl)c(CCCCN)cc1C. The lowest BCUT2D eigenvalue weighted by atomic mass is 10.0. The molecule has 0 atom stereocenters. The maximum atomic E-state index is 6.15. The van der Waals surface area contributed by atoms with Crippen molar-refractivity contribution in [2.75, 3.05) is 6.54 Å². The third-order valence-electron chi connectivity index (χ3n) is 2.56. The van der Waals surface area contributed by atoms with E-state index in [0.717, 1.165) is 30.8 Å². The first-order chi connectivity index (χ1) is 6.65. The second-order valence-corrected chi connectivity index (χ2v) is 4.18. The predicted octanol–water partition coefficient (Wildman–Crippen LogP) is 3.24. The van der Waals surface area contributed by atoms with Crippen molar-refractivity contribution in [2.24, 2.45) is 5.73 Å². The lowest BCUT2D eigenvalue weighted by molar-refractivity contribution is 0.744. The maximum absolute atomic E-state index is 6.15. The van der Waals surface area contributed by atoms with Gasteiger partial charge in [-0.05, 0) is 62.4 Å². The van der Waals surface area contributed by atoms with Gasteiger partial charge in [0.1, 0.15) is 0 Å². The molecule has 1 aromatic carbocycles. The van der Waals surface area contributed by atoms with Crippen LogP contribution in [-0.2, 0) is 6.42 Å². The van der Waals surface area contributed by atoms with E-state index in [1.165, 1.54) is 16.7 Å². The summed E-state index contributed by atoms with van der Waals surface area (Å²) in [4.78, 5) is 0. The number of aryl methyl sites for hydroxylation is 3. The van der Waals surface area contributed by atoms with Crippen LogP contribution in [-0.4, -0.2) is 6.54 Å². The molecule has 0 saturated heterocycles. The van der Waals surface area contributed by atoms with Crippen molar-refractivity contribution in [3.05, 3.63) is 33.8 Å². The van der Waals surface area contributed by atoms with Crippen LogP contribution in [0.4, 0.5) is 0 Å². The fourth-order valence-electron chi connectivity index (χ4n) is 1.49. The third-order valence-corrected chi connectivity index (χ3v) is 2.91. The fourth-order valence-corrected chi connectivity index (χ4v) is 1.80. The van der Waals surface area contributed by atoms with Crippen LogP contribution in [0.15, 0.2) is 12.1 Å². The normalized spacial score (nSPS) is 10.6. The lowest BCUT2D eigenvalue weighted by Crippen LogP contribution is -1.99. The Bertz CT molecular complexity index is 307. The summed E-state index contributed by atoms with van der Waals surface area (Å²) in [6.07, 6.45) is 3.24. The molecule has 0 spiro atoms. The van der Waals surface area contributed by atoms with Crippen LogP contribution in [0.3, 0.4) is 0 Å². The van der Waals surface area contributed by atoms with Crippen molar-refractivity contribution in [2.45, 2.75) is 33.1 Å². The summed E-state index contributed by atoms with van der Waals surface area (Å²) >= 11 is 6.15. The minimum Gasteiger partial charge on any atom is -0.330 e. The van der Waals surface area contributed by atoms with E-state index in [0.29, 0.717) is 0 Å². The van der Waals surface area contributed by atoms with Crippen LogP contribution in [0.1, 0.15) is 29.5 Å². The summed E-state index contributed by atoms with van der Waals surface area (Å²) in [6, 6.07) is 4.24. The standard InChI is InChI=1S/C12H18ClN/c1-9-7-11(5-3-4-6-14)12(13)8-10(9)2/h7-8H,3-6,14H2,1-2H3. The quantitative estimate of drug-likeness (QED) is 0.761. The Hall–Kier alpha value is -0.530. The molecule has 0 radical (unpaired) electrons. The average molecular weight is 212 g/mol. The Morgan fingerprint density at radius 2 is 1.79 bits per heavy atom. The van der Waals surface area contributed by atoms with Crippen LogP contribution in [0.2, 0.25) is 5.02 Å². The van der Waals surface area contributed by atoms with Gasteiger partial charge in [-0.25, -0.2) is 0 Å². The van der Waals surface area contributed by atoms with E-state index >= 15 is 0 Å². The highest BCUT2D eigenvalue weighted by atomic mass is 35.5. The lowest BCUT2D eigenvalue weighted by Gasteiger charge is -2.07. The van der Waals surface area contributed by atoms with Gasteiger partial charge in [0.05, 0.1) is 0 Å². The van der Waals surface area contributed by atoms with Gasteiger partial charge < -0.3 is 5.73 Å². The number of hydrogen-bond acceptors (Lipinski definition) is 1. The molecule has 0 aliphatic heterocycles. The van der Waals surface area contributed by atoms with Gasteiger partial charge in [0.15, 0.2) is 0 Å². The number of rotatable bonds is 4. The van der Waals surface area contributed by atoms with Crippen molar-refractivity contribution >= 4 is 11.6 Å². The van der Waals surface area contributed by atoms with Crippen LogP contribution in [0, 0.1) is 13.8 Å². The first-order valence-electron chi connectivity index (χ1n) is 5.11. The molecule has 0 aromatic heterocycles. The first-order valence-corrected chi connectivity index (χ1v) is 5.48. The number of halogens is 1. The van der Waals surface area contributed by atoms with Crippen molar-refractivity contribution in [1.29, 1.82) is 0 Å². The van der Waals surface area contributed by atoms with Crippen molar-refractivity contribution in [1.82, 2.24) is 0 Å². The molecule has 0 aliphatic rings. The van der Waals surface area contributed by atoms with E-state index < -0.39 is 0 Å². The predicted molar refractivity (Wildman–Crippen MR) is 62.9 cm³/mol. The van der Waals surface area contributed by atoms with Gasteiger partial charge in [-0.3, -0.25) is 0 Å². The monoisotopic (exact) mass is 211 g/mol. The van der Waals surface area contributed by atoms with Crippen LogP contribution in [0.25, 0.3) is 0 Å². The molecule has 0 saturated carbocycles. The van der Waals surface area contributed by atoms with E-state index in [1.54, 1.807) is 0 Å². The largest absolute Gasteiger partial charge is 0.330 e. The molecule has 1 rings (SSSR count). The Balaban J connectivity index is 2.72. The van der Waals surface area contributed by atoms with Crippen molar-refractivity contribution in [3.8, 4) is 0 Å². The van der Waals surface area contributed by atoms with Gasteiger partial charge in [0.25, 0.3) is 0 Å². The zero-order valence-electron chi connectivity index (χ0n) is 8.94. The van der Waals surface area contributed by atoms with E-state index in [1.807, 2.05) is 0 Å². The molecule has 14 heavy (non-hydrogen) atoms. The molecule has 0 fully saturated rings. The Kier molecular flexibility index (Phi) is 4.43. The summed E-state index contributed by atoms with van der Waals surface area (Å²) in [5.41, 5.74) is 9.28. The first kappa shape index (κ1) is 11.5. The topological polar surface area (TPSA) is 26.0 Å². The Morgan fingerprint density at radius 3 is 2.43 bits per heavy atom. The highest BCUT2D eigenvalue weighted by Crippen LogP contribution is 2.22. The molecule has 78 valence electrons. The van der Waals surface area contributed by atoms with Crippen molar-refractivity contribution in [3.63, 3.8) is 0 Å². The Labute approximate surface area is 91.3 Å². The van der Waals surface area contributed by atoms with Gasteiger partial charge in [-0.15, -0.1) is 0 Å². The van der Waals surface area contributed by atoms with Crippen molar-refractivity contribution < 1.29 is 0 Å². The van der Waals surface area contributed by atoms with E-state index in [2.05, 4.69) is 26.0 Å². The van der Waals surface area contributed by atoms with Crippen LogP contribution in [0.5, 0.6) is 0 Å². The van der Waals surface area contributed by atoms with Gasteiger partial charge in [0.2, 0.25) is 0 Å². The molecule has 1 nitrogen and oxygen atoms in total. The smallest absolute Gasteiger partial charge is 0.0440 e. The average Bonchev–Trinajstić information content (AvgIpc) is 2.14. The molecular weight excluding hydrogens is 194 g/mol. The summed E-state index contributed by atoms with van der Waals surface area (Å²) < 4.78 is 0. The fraction of sp³-hybridized carbons (Fsp3) is 0.500. The molecule has 0 heterocycles. The molecule has 0 unspecified atom stereocenters. The maximum Gasteiger partial charge on any atom is 0.0440 e. The van der Waals surface area contributed by atoms with Crippen LogP contribution >= 0.6 is 11.6 Å². The number of hydrogen-bond donors (Lipinski definition) is 1. The molecule has 2 N–H and O–H groups in total. The molecule has 0 bridgehead atoms. The minimum atomic E-state index is 0.766. The number of benzene rings is 1. The zero-order chi connectivity index (χ0) is 10.6. The highest BCUT2D eigenvalue weighted by molar-refractivity contribution is 6.31. The number of unbranched alkanes of at least 4 members (excludes halogenated alkanes) is 1. The van der Waals surface area contributed by atoms with Gasteiger partial charge in [-0.2, -0.15) is 0 Å². The molecule has 1 aromatic rings. The molecule has 2 heteroatoms. The number of nitrogens with two attached hydrogens (primary N) is 1. The zero-order valence-corrected chi connectivity index (χ0v) is 9.69. The molecule has 0 amide bonds. The van der Waals surface area contributed by atoms with E-state index in [4.69, 9.17) is 17.3 Å². The third kappa shape index (κ3) is 3.00. The van der Waals surface area contributed by atoms with E-state index in [9.17, 15) is 0 Å². The summed E-state index contributed by atoms with van der Waals surface area (Å²) in [5.74, 6) is 0. The molecule has 0 aliphatic carbocycles. The molecular formula is C12H18ClN.